The predicted octanol–water partition coefficient (Wildman–Crippen LogP) is 0.931. The lowest BCUT2D eigenvalue weighted by atomic mass is 9.98. The molecule has 0 spiro atoms. The van der Waals surface area contributed by atoms with Crippen molar-refractivity contribution in [1.82, 2.24) is 5.32 Å². The lowest BCUT2D eigenvalue weighted by Gasteiger charge is -2.25. The molecule has 1 fully saturated rings. The van der Waals surface area contributed by atoms with Gasteiger partial charge in [-0.25, -0.2) is 0 Å². The number of nitrogens with one attached hydrogen (secondary N) is 1. The van der Waals surface area contributed by atoms with Gasteiger partial charge in [0.25, 0.3) is 0 Å². The van der Waals surface area contributed by atoms with Gasteiger partial charge in [0.15, 0.2) is 0 Å². The van der Waals surface area contributed by atoms with Crippen molar-refractivity contribution in [2.75, 3.05) is 13.1 Å². The van der Waals surface area contributed by atoms with Crippen LogP contribution in [0.1, 0.15) is 12.8 Å². The summed E-state index contributed by atoms with van der Waals surface area (Å²) in [5.41, 5.74) is 0. The van der Waals surface area contributed by atoms with Gasteiger partial charge >= 0.3 is 0 Å². The molecule has 1 N–H and O–H groups in total. The molecule has 0 atom stereocenters. The van der Waals surface area contributed by atoms with E-state index in [9.17, 15) is 0 Å². The van der Waals surface area contributed by atoms with E-state index in [1.807, 2.05) is 0 Å². The molecule has 9 heavy (non-hydrogen) atoms. The predicted molar refractivity (Wildman–Crippen MR) is 38.5 cm³/mol. The Kier molecular flexibility index (Phi) is 4.47. The van der Waals surface area contributed by atoms with Gasteiger partial charge in [0.05, 0.1) is 6.07 Å². The Morgan fingerprint density at radius 1 is 1.56 bits per heavy atom. The van der Waals surface area contributed by atoms with Crippen LogP contribution in [-0.4, -0.2) is 13.1 Å². The Balaban J connectivity index is 0.000000640. The van der Waals surface area contributed by atoms with Crippen LogP contribution in [0, 0.1) is 17.2 Å². The summed E-state index contributed by atoms with van der Waals surface area (Å²) in [4.78, 5) is 0. The minimum absolute atomic E-state index is 0. The smallest absolute Gasteiger partial charge is 0.0621 e. The topological polar surface area (TPSA) is 35.8 Å². The van der Waals surface area contributed by atoms with E-state index in [2.05, 4.69) is 11.4 Å². The lowest BCUT2D eigenvalue weighted by molar-refractivity contribution is 0.331. The van der Waals surface area contributed by atoms with Gasteiger partial charge < -0.3 is 5.32 Å². The molecule has 0 unspecified atom stereocenters. The maximum atomic E-state index is 8.16. The number of halogens is 1. The standard InChI is InChI=1S/C6H10N2.ClH/c7-3-1-2-6-4-8-5-6;/h6,8H,1-2,4-5H2;1H. The van der Waals surface area contributed by atoms with Crippen LogP contribution in [-0.2, 0) is 0 Å². The first kappa shape index (κ1) is 8.74. The minimum Gasteiger partial charge on any atom is -0.316 e. The molecule has 0 bridgehead atoms. The molecule has 1 saturated heterocycles. The second-order valence-electron chi connectivity index (χ2n) is 2.22. The van der Waals surface area contributed by atoms with Gasteiger partial charge in [-0.2, -0.15) is 5.26 Å². The second kappa shape index (κ2) is 4.60. The van der Waals surface area contributed by atoms with E-state index >= 15 is 0 Å². The van der Waals surface area contributed by atoms with Gasteiger partial charge in [-0.3, -0.25) is 0 Å². The molecule has 1 rings (SSSR count). The fraction of sp³-hybridized carbons (Fsp3) is 0.833. The van der Waals surface area contributed by atoms with Gasteiger partial charge in [-0.1, -0.05) is 0 Å². The summed E-state index contributed by atoms with van der Waals surface area (Å²) in [5, 5.41) is 11.3. The first-order valence-corrected chi connectivity index (χ1v) is 3.01. The van der Waals surface area contributed by atoms with Crippen molar-refractivity contribution in [3.05, 3.63) is 0 Å². The van der Waals surface area contributed by atoms with E-state index < -0.39 is 0 Å². The number of nitriles is 1. The third-order valence-electron chi connectivity index (χ3n) is 1.53. The molecule has 0 aromatic carbocycles. The summed E-state index contributed by atoms with van der Waals surface area (Å²) < 4.78 is 0. The Hall–Kier alpha value is -0.260. The van der Waals surface area contributed by atoms with Crippen LogP contribution >= 0.6 is 12.4 Å². The fourth-order valence-corrected chi connectivity index (χ4v) is 0.821. The van der Waals surface area contributed by atoms with Crippen molar-refractivity contribution in [3.63, 3.8) is 0 Å². The Morgan fingerprint density at radius 3 is 2.56 bits per heavy atom. The van der Waals surface area contributed by atoms with Gasteiger partial charge in [0, 0.05) is 6.42 Å². The molecular weight excluding hydrogens is 136 g/mol. The average Bonchev–Trinajstić information content (AvgIpc) is 1.63. The summed E-state index contributed by atoms with van der Waals surface area (Å²) >= 11 is 0. The second-order valence-corrected chi connectivity index (χ2v) is 2.22. The van der Waals surface area contributed by atoms with Crippen LogP contribution in [0.2, 0.25) is 0 Å². The number of rotatable bonds is 2. The molecule has 1 aliphatic heterocycles. The SMILES string of the molecule is Cl.N#CCCC1CNC1. The molecule has 3 heteroatoms. The molecule has 0 radical (unpaired) electrons. The molecular formula is C6H11ClN2. The van der Waals surface area contributed by atoms with Crippen LogP contribution in [0.15, 0.2) is 0 Å². The first-order chi connectivity index (χ1) is 3.93. The van der Waals surface area contributed by atoms with Crippen molar-refractivity contribution >= 4 is 12.4 Å². The van der Waals surface area contributed by atoms with Gasteiger partial charge in [0.2, 0.25) is 0 Å². The number of hydrogen-bond donors (Lipinski definition) is 1. The normalized spacial score (nSPS) is 17.2. The van der Waals surface area contributed by atoms with Gasteiger partial charge in [-0.05, 0) is 25.4 Å². The minimum atomic E-state index is 0. The molecule has 1 aliphatic rings. The zero-order chi connectivity index (χ0) is 5.82. The highest BCUT2D eigenvalue weighted by molar-refractivity contribution is 5.85. The van der Waals surface area contributed by atoms with E-state index in [1.165, 1.54) is 0 Å². The molecule has 2 nitrogen and oxygen atoms in total. The highest BCUT2D eigenvalue weighted by atomic mass is 35.5. The lowest BCUT2D eigenvalue weighted by Crippen LogP contribution is -2.41. The van der Waals surface area contributed by atoms with E-state index in [0.29, 0.717) is 0 Å². The Morgan fingerprint density at radius 2 is 2.22 bits per heavy atom. The largest absolute Gasteiger partial charge is 0.316 e. The van der Waals surface area contributed by atoms with E-state index in [4.69, 9.17) is 5.26 Å². The molecule has 0 saturated carbocycles. The molecule has 0 aromatic heterocycles. The number of nitrogens with zero attached hydrogens (tertiary/aromatic N) is 1. The Bertz CT molecular complexity index is 104. The monoisotopic (exact) mass is 146 g/mol. The van der Waals surface area contributed by atoms with Gasteiger partial charge in [0.1, 0.15) is 0 Å². The van der Waals surface area contributed by atoms with E-state index in [-0.39, 0.29) is 12.4 Å². The van der Waals surface area contributed by atoms with E-state index in [0.717, 1.165) is 31.8 Å². The van der Waals surface area contributed by atoms with Crippen LogP contribution < -0.4 is 5.32 Å². The molecule has 52 valence electrons. The fourth-order valence-electron chi connectivity index (χ4n) is 0.821. The zero-order valence-electron chi connectivity index (χ0n) is 5.26. The van der Waals surface area contributed by atoms with Crippen LogP contribution in [0.3, 0.4) is 0 Å². The summed E-state index contributed by atoms with van der Waals surface area (Å²) in [6, 6.07) is 2.14. The average molecular weight is 147 g/mol. The third kappa shape index (κ3) is 2.69. The summed E-state index contributed by atoms with van der Waals surface area (Å²) in [6.07, 6.45) is 1.82. The quantitative estimate of drug-likeness (QED) is 0.629. The summed E-state index contributed by atoms with van der Waals surface area (Å²) in [7, 11) is 0. The van der Waals surface area contributed by atoms with Crippen LogP contribution in [0.5, 0.6) is 0 Å². The zero-order valence-corrected chi connectivity index (χ0v) is 6.08. The van der Waals surface area contributed by atoms with E-state index in [1.54, 1.807) is 0 Å². The van der Waals surface area contributed by atoms with Crippen molar-refractivity contribution in [2.24, 2.45) is 5.92 Å². The van der Waals surface area contributed by atoms with Crippen molar-refractivity contribution < 1.29 is 0 Å². The number of hydrogen-bond acceptors (Lipinski definition) is 2. The third-order valence-corrected chi connectivity index (χ3v) is 1.53. The van der Waals surface area contributed by atoms with Crippen molar-refractivity contribution in [1.29, 1.82) is 5.26 Å². The summed E-state index contributed by atoms with van der Waals surface area (Å²) in [5.74, 6) is 0.801. The highest BCUT2D eigenvalue weighted by Gasteiger charge is 2.14. The maximum absolute atomic E-state index is 8.16. The van der Waals surface area contributed by atoms with Crippen LogP contribution in [0.4, 0.5) is 0 Å². The molecule has 0 aliphatic carbocycles. The Labute approximate surface area is 61.7 Å². The molecule has 0 aromatic rings. The van der Waals surface area contributed by atoms with Crippen LogP contribution in [0.25, 0.3) is 0 Å². The van der Waals surface area contributed by atoms with Crippen molar-refractivity contribution in [3.8, 4) is 6.07 Å². The first-order valence-electron chi connectivity index (χ1n) is 3.01. The van der Waals surface area contributed by atoms with Crippen molar-refractivity contribution in [2.45, 2.75) is 12.8 Å². The molecule has 1 heterocycles. The highest BCUT2D eigenvalue weighted by Crippen LogP contribution is 2.09. The summed E-state index contributed by atoms with van der Waals surface area (Å²) in [6.45, 7) is 2.25. The molecule has 0 amide bonds. The maximum Gasteiger partial charge on any atom is 0.0621 e. The van der Waals surface area contributed by atoms with Gasteiger partial charge in [-0.15, -0.1) is 12.4 Å².